The van der Waals surface area contributed by atoms with Gasteiger partial charge >= 0.3 is 23.5 Å². The van der Waals surface area contributed by atoms with Gasteiger partial charge in [0.15, 0.2) is 0 Å². The quantitative estimate of drug-likeness (QED) is 0.0500. The van der Waals surface area contributed by atoms with E-state index in [2.05, 4.69) is 4.52 Å². The predicted octanol–water partition coefficient (Wildman–Crippen LogP) is 3.93. The van der Waals surface area contributed by atoms with Crippen molar-refractivity contribution in [2.75, 3.05) is 26.4 Å². The Kier molecular flexibility index (Phi) is 18.3. The average Bonchev–Trinajstić information content (AvgIpc) is 2.85. The second-order valence-electron chi connectivity index (χ2n) is 10.2. The van der Waals surface area contributed by atoms with Crippen LogP contribution in [-0.4, -0.2) is 76.2 Å². The van der Waals surface area contributed by atoms with Crippen LogP contribution in [0.5, 0.6) is 0 Å². The second kappa shape index (κ2) is 18.1. The zero-order valence-corrected chi connectivity index (χ0v) is 26.5. The molecule has 238 valence electrons. The lowest BCUT2D eigenvalue weighted by Crippen LogP contribution is -2.32. The Hall–Kier alpha value is 0.245. The van der Waals surface area contributed by atoms with E-state index in [0.717, 1.165) is 0 Å². The maximum atomic E-state index is 12.8. The van der Waals surface area contributed by atoms with Gasteiger partial charge in [-0.1, -0.05) is 27.1 Å². The van der Waals surface area contributed by atoms with Gasteiger partial charge in [-0.05, 0) is 51.9 Å². The topological polar surface area (TPSA) is 211 Å². The van der Waals surface area contributed by atoms with Gasteiger partial charge < -0.3 is 24.7 Å². The molecule has 0 rings (SSSR count). The molecule has 0 fully saturated rings. The van der Waals surface area contributed by atoms with E-state index in [0.29, 0.717) is 6.42 Å². The van der Waals surface area contributed by atoms with Crippen molar-refractivity contribution < 1.29 is 65.5 Å². The number of nitrogens with one attached hydrogen (secondary N) is 1. The van der Waals surface area contributed by atoms with Gasteiger partial charge in [0.25, 0.3) is 0 Å². The fraction of sp³-hybridized carbons (Fsp3) is 1.00. The molecule has 0 aliphatic rings. The Morgan fingerprint density at radius 3 is 1.85 bits per heavy atom. The number of hydrogen-bond acceptors (Lipinski definition) is 10. The van der Waals surface area contributed by atoms with Gasteiger partial charge in [0.05, 0.1) is 38.9 Å². The van der Waals surface area contributed by atoms with E-state index in [4.69, 9.17) is 35.7 Å². The first kappa shape index (κ1) is 40.2. The number of hydrogen-bond donors (Lipinski definition) is 6. The summed E-state index contributed by atoms with van der Waals surface area (Å²) < 4.78 is 74.3. The van der Waals surface area contributed by atoms with Crippen molar-refractivity contribution in [2.45, 2.75) is 96.7 Å². The normalized spacial score (nSPS) is 21.0. The summed E-state index contributed by atoms with van der Waals surface area (Å²) in [6.07, 6.45) is 0.904. The SMILES string of the molecule is [B]CC(COP(=O)(O)O)CC(C)(CC)OP(=O)(O)OCCC(C)(CC)OP(=O)(O)OCC(CO)CC(CC)NF. The third-order valence-electron chi connectivity index (χ3n) is 6.58. The molecule has 0 aromatic carbocycles. The molecule has 0 bridgehead atoms. The maximum Gasteiger partial charge on any atom is 0.472 e. The highest BCUT2D eigenvalue weighted by Gasteiger charge is 2.39. The molecule has 19 heteroatoms. The lowest BCUT2D eigenvalue weighted by molar-refractivity contribution is -0.00850. The monoisotopic (exact) mass is 643 g/mol. The van der Waals surface area contributed by atoms with E-state index >= 15 is 0 Å². The van der Waals surface area contributed by atoms with Gasteiger partial charge in [0.2, 0.25) is 0 Å². The summed E-state index contributed by atoms with van der Waals surface area (Å²) in [5.74, 6) is -1.22. The van der Waals surface area contributed by atoms with E-state index in [-0.39, 0.29) is 45.0 Å². The summed E-state index contributed by atoms with van der Waals surface area (Å²) in [5, 5.41) is 9.49. The van der Waals surface area contributed by atoms with Crippen molar-refractivity contribution in [3.05, 3.63) is 0 Å². The maximum absolute atomic E-state index is 12.8. The zero-order valence-electron chi connectivity index (χ0n) is 23.8. The van der Waals surface area contributed by atoms with Gasteiger partial charge in [-0.15, -0.1) is 4.48 Å². The molecule has 0 heterocycles. The molecule has 0 aromatic rings. The molecule has 0 saturated heterocycles. The number of halogens is 1. The minimum atomic E-state index is -4.73. The second-order valence-corrected chi connectivity index (χ2v) is 14.2. The predicted molar refractivity (Wildman–Crippen MR) is 146 cm³/mol. The van der Waals surface area contributed by atoms with Crippen LogP contribution in [0.25, 0.3) is 0 Å². The molecule has 0 spiro atoms. The molecule has 6 N–H and O–H groups in total. The molecule has 0 amide bonds. The molecule has 7 atom stereocenters. The van der Waals surface area contributed by atoms with Crippen LogP contribution in [0.1, 0.15) is 73.1 Å². The Morgan fingerprint density at radius 2 is 1.40 bits per heavy atom. The fourth-order valence-electron chi connectivity index (χ4n) is 3.63. The first-order chi connectivity index (χ1) is 18.3. The molecular weight excluding hydrogens is 597 g/mol. The first-order valence-electron chi connectivity index (χ1n) is 13.0. The van der Waals surface area contributed by atoms with Gasteiger partial charge in [0.1, 0.15) is 0 Å². The Labute approximate surface area is 237 Å². The van der Waals surface area contributed by atoms with E-state index < -0.39 is 72.4 Å². The summed E-state index contributed by atoms with van der Waals surface area (Å²) in [6.45, 7) is 6.52. The van der Waals surface area contributed by atoms with Crippen LogP contribution < -0.4 is 5.54 Å². The third kappa shape index (κ3) is 17.4. The zero-order chi connectivity index (χ0) is 31.3. The average molecular weight is 643 g/mol. The van der Waals surface area contributed by atoms with Crippen LogP contribution in [-0.2, 0) is 36.3 Å². The molecule has 7 unspecified atom stereocenters. The number of phosphoric acid groups is 3. The van der Waals surface area contributed by atoms with Gasteiger partial charge in [0, 0.05) is 25.0 Å². The molecule has 0 aliphatic heterocycles. The van der Waals surface area contributed by atoms with Crippen molar-refractivity contribution in [1.29, 1.82) is 0 Å². The number of aliphatic hydroxyl groups is 1. The van der Waals surface area contributed by atoms with Crippen LogP contribution in [0, 0.1) is 11.8 Å². The number of aliphatic hydroxyl groups excluding tert-OH is 1. The van der Waals surface area contributed by atoms with Crippen molar-refractivity contribution in [2.24, 2.45) is 11.8 Å². The molecule has 2 radical (unpaired) electrons. The Bertz CT molecular complexity index is 868. The van der Waals surface area contributed by atoms with E-state index in [1.54, 1.807) is 26.3 Å². The summed E-state index contributed by atoms with van der Waals surface area (Å²) in [7, 11) is -8.38. The van der Waals surface area contributed by atoms with E-state index in [1.807, 2.05) is 0 Å². The van der Waals surface area contributed by atoms with Crippen LogP contribution in [0.4, 0.5) is 4.48 Å². The van der Waals surface area contributed by atoms with Gasteiger partial charge in [-0.3, -0.25) is 22.6 Å². The number of rotatable bonds is 24. The minimum absolute atomic E-state index is 0.0317. The van der Waals surface area contributed by atoms with Crippen molar-refractivity contribution in [1.82, 2.24) is 5.54 Å². The number of phosphoric ester groups is 3. The van der Waals surface area contributed by atoms with Gasteiger partial charge in [-0.25, -0.2) is 13.7 Å². The highest BCUT2D eigenvalue weighted by molar-refractivity contribution is 7.47. The largest absolute Gasteiger partial charge is 0.472 e. The summed E-state index contributed by atoms with van der Waals surface area (Å²) in [5.41, 5.74) is -0.975. The molecule has 14 nitrogen and oxygen atoms in total. The standard InChI is InChI=1S/C21H46BFNO13P3/c1-6-19(24-23)11-17(14-25)15-35-40(31,32)36-20(4,7-2)9-10-33-39(29,30)37-21(5,8-3)12-18(13-22)16-34-38(26,27)28/h17-19,24-25H,6-16H2,1-5H3,(H,29,30)(H,31,32)(H2,26,27,28). The Morgan fingerprint density at radius 1 is 0.875 bits per heavy atom. The third-order valence-corrected chi connectivity index (χ3v) is 9.39. The molecule has 40 heavy (non-hydrogen) atoms. The molecule has 0 saturated carbocycles. The van der Waals surface area contributed by atoms with E-state index in [1.165, 1.54) is 13.8 Å². The minimum Gasteiger partial charge on any atom is -0.396 e. The fourth-order valence-corrected chi connectivity index (χ4v) is 6.40. The summed E-state index contributed by atoms with van der Waals surface area (Å²) in [4.78, 5) is 38.4. The van der Waals surface area contributed by atoms with Crippen LogP contribution in [0.2, 0.25) is 6.32 Å². The van der Waals surface area contributed by atoms with Crippen LogP contribution >= 0.6 is 23.5 Å². The Balaban J connectivity index is 5.09. The van der Waals surface area contributed by atoms with Crippen molar-refractivity contribution in [3.63, 3.8) is 0 Å². The van der Waals surface area contributed by atoms with Crippen LogP contribution in [0.15, 0.2) is 0 Å². The van der Waals surface area contributed by atoms with Crippen molar-refractivity contribution >= 4 is 31.3 Å². The summed E-state index contributed by atoms with van der Waals surface area (Å²) in [6, 6.07) is -0.557. The van der Waals surface area contributed by atoms with E-state index in [9.17, 15) is 33.1 Å². The molecular formula is C21H46BFNO13P3. The lowest BCUT2D eigenvalue weighted by Gasteiger charge is -2.34. The first-order valence-corrected chi connectivity index (χ1v) is 17.6. The lowest BCUT2D eigenvalue weighted by atomic mass is 9.82. The highest BCUT2D eigenvalue weighted by Crippen LogP contribution is 2.52. The summed E-state index contributed by atoms with van der Waals surface area (Å²) >= 11 is 0. The smallest absolute Gasteiger partial charge is 0.396 e. The van der Waals surface area contributed by atoms with Gasteiger partial charge in [-0.2, -0.15) is 5.54 Å². The highest BCUT2D eigenvalue weighted by atomic mass is 31.2. The molecule has 0 aromatic heterocycles. The van der Waals surface area contributed by atoms with Crippen molar-refractivity contribution in [3.8, 4) is 0 Å². The van der Waals surface area contributed by atoms with Crippen LogP contribution in [0.3, 0.4) is 0 Å². The molecule has 0 aliphatic carbocycles.